The van der Waals surface area contributed by atoms with Crippen molar-refractivity contribution < 1.29 is 23.9 Å². The summed E-state index contributed by atoms with van der Waals surface area (Å²) in [4.78, 5) is 42.8. The Morgan fingerprint density at radius 2 is 1.84 bits per heavy atom. The maximum absolute atomic E-state index is 12.8. The van der Waals surface area contributed by atoms with Gasteiger partial charge < -0.3 is 14.8 Å². The minimum absolute atomic E-state index is 0.0744. The lowest BCUT2D eigenvalue weighted by Gasteiger charge is -2.28. The molecule has 168 valence electrons. The molecule has 1 aliphatic rings. The molecule has 0 spiro atoms. The van der Waals surface area contributed by atoms with Crippen LogP contribution in [0.1, 0.15) is 30.1 Å². The molecule has 1 atom stereocenters. The van der Waals surface area contributed by atoms with Gasteiger partial charge in [-0.3, -0.25) is 14.5 Å². The maximum atomic E-state index is 12.8. The van der Waals surface area contributed by atoms with Gasteiger partial charge in [0, 0.05) is 19.2 Å². The van der Waals surface area contributed by atoms with Crippen LogP contribution in [-0.2, 0) is 14.3 Å². The van der Waals surface area contributed by atoms with Gasteiger partial charge in [-0.2, -0.15) is 0 Å². The molecule has 2 aromatic carbocycles. The van der Waals surface area contributed by atoms with Crippen LogP contribution in [0.3, 0.4) is 0 Å². The van der Waals surface area contributed by atoms with Gasteiger partial charge in [0.1, 0.15) is 11.0 Å². The molecule has 32 heavy (non-hydrogen) atoms. The summed E-state index contributed by atoms with van der Waals surface area (Å²) in [5.41, 5.74) is 1.59. The number of amides is 2. The molecule has 1 saturated heterocycles. The van der Waals surface area contributed by atoms with Gasteiger partial charge in [-0.1, -0.05) is 18.7 Å². The van der Waals surface area contributed by atoms with Crippen LogP contribution in [-0.4, -0.2) is 53.9 Å². The van der Waals surface area contributed by atoms with Crippen molar-refractivity contribution >= 4 is 46.1 Å². The smallest absolute Gasteiger partial charge is 0.337 e. The zero-order valence-corrected chi connectivity index (χ0v) is 19.0. The molecule has 1 heterocycles. The highest BCUT2D eigenvalue weighted by molar-refractivity contribution is 8.15. The molecule has 2 amide bonds. The SMILES string of the molecule is CCCOc1ccc(NC(=O)[C@H]2CC(=O)N(C)C(=Nc3ccc(C(=O)OC)cc3)S2)cc1. The second-order valence-electron chi connectivity index (χ2n) is 7.06. The first kappa shape index (κ1) is 23.3. The van der Waals surface area contributed by atoms with Crippen molar-refractivity contribution in [1.82, 2.24) is 4.90 Å². The summed E-state index contributed by atoms with van der Waals surface area (Å²) in [5, 5.41) is 2.65. The lowest BCUT2D eigenvalue weighted by atomic mass is 10.2. The van der Waals surface area contributed by atoms with Crippen molar-refractivity contribution in [2.75, 3.05) is 26.1 Å². The highest BCUT2D eigenvalue weighted by Crippen LogP contribution is 2.29. The first-order valence-electron chi connectivity index (χ1n) is 10.1. The Hall–Kier alpha value is -3.33. The molecule has 3 rings (SSSR count). The molecule has 0 saturated carbocycles. The van der Waals surface area contributed by atoms with Crippen molar-refractivity contribution in [1.29, 1.82) is 0 Å². The molecule has 1 aliphatic heterocycles. The van der Waals surface area contributed by atoms with Gasteiger partial charge >= 0.3 is 5.97 Å². The number of rotatable bonds is 7. The number of hydrogen-bond donors (Lipinski definition) is 1. The van der Waals surface area contributed by atoms with Crippen LogP contribution < -0.4 is 10.1 Å². The van der Waals surface area contributed by atoms with Crippen LogP contribution in [0.25, 0.3) is 0 Å². The van der Waals surface area contributed by atoms with E-state index in [0.717, 1.165) is 12.2 Å². The van der Waals surface area contributed by atoms with Crippen LogP contribution >= 0.6 is 11.8 Å². The third-order valence-electron chi connectivity index (χ3n) is 4.67. The predicted molar refractivity (Wildman–Crippen MR) is 125 cm³/mol. The van der Waals surface area contributed by atoms with Gasteiger partial charge in [-0.25, -0.2) is 9.79 Å². The molecular weight excluding hydrogens is 430 g/mol. The number of nitrogens with one attached hydrogen (secondary N) is 1. The van der Waals surface area contributed by atoms with Crippen LogP contribution in [0.2, 0.25) is 0 Å². The Labute approximate surface area is 191 Å². The molecule has 0 radical (unpaired) electrons. The van der Waals surface area contributed by atoms with Crippen LogP contribution in [0, 0.1) is 0 Å². The van der Waals surface area contributed by atoms with Gasteiger partial charge in [0.05, 0.1) is 25.0 Å². The monoisotopic (exact) mass is 455 g/mol. The number of esters is 1. The molecular formula is C23H25N3O5S. The molecule has 2 aromatic rings. The number of carbonyl (C=O) groups is 3. The fourth-order valence-corrected chi connectivity index (χ4v) is 3.94. The molecule has 9 heteroatoms. The minimum atomic E-state index is -0.609. The van der Waals surface area contributed by atoms with Crippen LogP contribution in [0.5, 0.6) is 5.75 Å². The number of carbonyl (C=O) groups excluding carboxylic acids is 3. The Morgan fingerprint density at radius 3 is 2.47 bits per heavy atom. The van der Waals surface area contributed by atoms with E-state index in [0.29, 0.717) is 28.7 Å². The number of benzene rings is 2. The van der Waals surface area contributed by atoms with Gasteiger partial charge in [0.2, 0.25) is 11.8 Å². The quantitative estimate of drug-likeness (QED) is 0.637. The van der Waals surface area contributed by atoms with E-state index in [1.807, 2.05) is 6.92 Å². The van der Waals surface area contributed by atoms with Crippen molar-refractivity contribution in [3.8, 4) is 5.75 Å². The zero-order valence-electron chi connectivity index (χ0n) is 18.2. The summed E-state index contributed by atoms with van der Waals surface area (Å²) in [6.07, 6.45) is 0.990. The number of hydrogen-bond acceptors (Lipinski definition) is 7. The van der Waals surface area contributed by atoms with E-state index in [9.17, 15) is 14.4 Å². The Morgan fingerprint density at radius 1 is 1.16 bits per heavy atom. The average Bonchev–Trinajstić information content (AvgIpc) is 2.81. The summed E-state index contributed by atoms with van der Waals surface area (Å²) in [6, 6.07) is 13.6. The largest absolute Gasteiger partial charge is 0.494 e. The van der Waals surface area contributed by atoms with E-state index in [1.165, 1.54) is 23.8 Å². The van der Waals surface area contributed by atoms with E-state index in [4.69, 9.17) is 4.74 Å². The van der Waals surface area contributed by atoms with E-state index in [1.54, 1.807) is 55.6 Å². The third kappa shape index (κ3) is 5.88. The van der Waals surface area contributed by atoms with Crippen molar-refractivity contribution in [2.24, 2.45) is 4.99 Å². The molecule has 0 unspecified atom stereocenters. The summed E-state index contributed by atoms with van der Waals surface area (Å²) >= 11 is 1.22. The highest BCUT2D eigenvalue weighted by Gasteiger charge is 2.34. The van der Waals surface area contributed by atoms with Gasteiger partial charge in [-0.15, -0.1) is 0 Å². The van der Waals surface area contributed by atoms with E-state index in [-0.39, 0.29) is 18.2 Å². The summed E-state index contributed by atoms with van der Waals surface area (Å²) in [5.74, 6) is -0.170. The fourth-order valence-electron chi connectivity index (χ4n) is 2.88. The molecule has 1 fully saturated rings. The van der Waals surface area contributed by atoms with Gasteiger partial charge in [0.25, 0.3) is 0 Å². The fraction of sp³-hybridized carbons (Fsp3) is 0.304. The third-order valence-corrected chi connectivity index (χ3v) is 5.91. The number of amidine groups is 1. The second kappa shape index (κ2) is 10.8. The summed E-state index contributed by atoms with van der Waals surface area (Å²) in [7, 11) is 2.94. The Kier molecular flexibility index (Phi) is 7.88. The molecule has 8 nitrogen and oxygen atoms in total. The van der Waals surface area contributed by atoms with Crippen LogP contribution in [0.4, 0.5) is 11.4 Å². The zero-order chi connectivity index (χ0) is 23.1. The standard InChI is InChI=1S/C23H25N3O5S/c1-4-13-31-18-11-9-16(10-12-18)24-21(28)19-14-20(27)26(2)23(32-19)25-17-7-5-15(6-8-17)22(29)30-3/h5-12,19H,4,13-14H2,1-3H3,(H,24,28)/t19-/m1/s1. The predicted octanol–water partition coefficient (Wildman–Crippen LogP) is 3.85. The first-order valence-corrected chi connectivity index (χ1v) is 11.0. The topological polar surface area (TPSA) is 97.3 Å². The van der Waals surface area contributed by atoms with Crippen LogP contribution in [0.15, 0.2) is 53.5 Å². The number of thioether (sulfide) groups is 1. The average molecular weight is 456 g/mol. The number of aliphatic imine (C=N–C) groups is 1. The molecule has 0 aliphatic carbocycles. The van der Waals surface area contributed by atoms with Crippen molar-refractivity contribution in [3.63, 3.8) is 0 Å². The Bertz CT molecular complexity index is 1010. The number of nitrogens with zero attached hydrogens (tertiary/aromatic N) is 2. The normalized spacial score (nSPS) is 17.2. The number of methoxy groups -OCH3 is 1. The molecule has 1 N–H and O–H groups in total. The lowest BCUT2D eigenvalue weighted by molar-refractivity contribution is -0.128. The summed E-state index contributed by atoms with van der Waals surface area (Å²) in [6.45, 7) is 2.66. The number of ether oxygens (including phenoxy) is 2. The van der Waals surface area contributed by atoms with Gasteiger partial charge in [-0.05, 0) is 55.0 Å². The molecule has 0 bridgehead atoms. The minimum Gasteiger partial charge on any atom is -0.494 e. The van der Waals surface area contributed by atoms with E-state index in [2.05, 4.69) is 15.0 Å². The van der Waals surface area contributed by atoms with Crippen molar-refractivity contribution in [3.05, 3.63) is 54.1 Å². The number of anilines is 1. The van der Waals surface area contributed by atoms with E-state index >= 15 is 0 Å². The Balaban J connectivity index is 1.69. The maximum Gasteiger partial charge on any atom is 0.337 e. The van der Waals surface area contributed by atoms with E-state index < -0.39 is 11.2 Å². The molecule has 0 aromatic heterocycles. The lowest BCUT2D eigenvalue weighted by Crippen LogP contribution is -2.43. The second-order valence-corrected chi connectivity index (χ2v) is 8.23. The van der Waals surface area contributed by atoms with Gasteiger partial charge in [0.15, 0.2) is 5.17 Å². The summed E-state index contributed by atoms with van der Waals surface area (Å²) < 4.78 is 10.2. The highest BCUT2D eigenvalue weighted by atomic mass is 32.2. The first-order chi connectivity index (χ1) is 15.4. The van der Waals surface area contributed by atoms with Crippen molar-refractivity contribution in [2.45, 2.75) is 25.0 Å².